The molecule has 24 heavy (non-hydrogen) atoms. The third-order valence-electron chi connectivity index (χ3n) is 3.75. The van der Waals surface area contributed by atoms with Gasteiger partial charge >= 0.3 is 12.1 Å². The van der Waals surface area contributed by atoms with Crippen LogP contribution in [0.15, 0.2) is 11.5 Å². The Morgan fingerprint density at radius 3 is 2.67 bits per heavy atom. The first-order chi connectivity index (χ1) is 11.2. The average molecular weight is 352 g/mol. The van der Waals surface area contributed by atoms with Gasteiger partial charge in [-0.3, -0.25) is 5.32 Å². The molecule has 0 saturated heterocycles. The summed E-state index contributed by atoms with van der Waals surface area (Å²) in [6.07, 6.45) is 6.68. The van der Waals surface area contributed by atoms with Crippen LogP contribution in [0.4, 0.5) is 9.93 Å². The minimum atomic E-state index is -0.998. The van der Waals surface area contributed by atoms with Crippen LogP contribution in [0.2, 0.25) is 0 Å². The highest BCUT2D eigenvalue weighted by molar-refractivity contribution is 7.14. The lowest BCUT2D eigenvalue weighted by molar-refractivity contribution is -0.130. The molecular formula is C17H24N2O4S. The van der Waals surface area contributed by atoms with E-state index in [1.165, 1.54) is 24.2 Å². The molecule has 0 radical (unpaired) electrons. The number of hydrogen-bond acceptors (Lipinski definition) is 5. The number of rotatable bonds is 5. The third kappa shape index (κ3) is 5.63. The molecule has 2 N–H and O–H groups in total. The highest BCUT2D eigenvalue weighted by Gasteiger charge is 2.20. The maximum Gasteiger partial charge on any atom is 0.413 e. The number of aliphatic carboxylic acids is 1. The quantitative estimate of drug-likeness (QED) is 0.760. The van der Waals surface area contributed by atoms with E-state index in [4.69, 9.17) is 4.74 Å². The molecule has 132 valence electrons. The lowest BCUT2D eigenvalue weighted by Gasteiger charge is -2.18. The van der Waals surface area contributed by atoms with E-state index in [9.17, 15) is 14.7 Å². The number of allylic oxidation sites excluding steroid dienone is 1. The molecule has 1 fully saturated rings. The standard InChI is InChI=1S/C17H24N2O4S/c1-17(2,3)23-16(22)19-15-18-13(10-24-15)12(14(20)21)9-8-11-6-4-5-7-11/h9-11H,4-8H2,1-3H3,(H,20,21)(H,18,19,22)/b12-9-. The first kappa shape index (κ1) is 18.4. The van der Waals surface area contributed by atoms with Gasteiger partial charge in [0.15, 0.2) is 5.13 Å². The summed E-state index contributed by atoms with van der Waals surface area (Å²) in [5.41, 5.74) is -0.0376. The van der Waals surface area contributed by atoms with Crippen molar-refractivity contribution in [2.24, 2.45) is 5.92 Å². The molecule has 7 heteroatoms. The van der Waals surface area contributed by atoms with Crippen molar-refractivity contribution in [3.05, 3.63) is 17.2 Å². The molecule has 0 spiro atoms. The molecule has 0 atom stereocenters. The van der Waals surface area contributed by atoms with Crippen molar-refractivity contribution in [2.75, 3.05) is 5.32 Å². The predicted molar refractivity (Wildman–Crippen MR) is 94.2 cm³/mol. The summed E-state index contributed by atoms with van der Waals surface area (Å²) in [5, 5.41) is 13.9. The van der Waals surface area contributed by atoms with Gasteiger partial charge in [0.25, 0.3) is 0 Å². The van der Waals surface area contributed by atoms with Gasteiger partial charge in [0.2, 0.25) is 0 Å². The second-order valence-electron chi connectivity index (χ2n) is 6.97. The zero-order chi connectivity index (χ0) is 17.7. The first-order valence-corrected chi connectivity index (χ1v) is 9.02. The van der Waals surface area contributed by atoms with Crippen LogP contribution in [-0.4, -0.2) is 27.8 Å². The highest BCUT2D eigenvalue weighted by Crippen LogP contribution is 2.30. The van der Waals surface area contributed by atoms with Crippen LogP contribution in [0.1, 0.15) is 58.6 Å². The number of carboxylic acid groups (broad SMARTS) is 1. The SMILES string of the molecule is CC(C)(C)OC(=O)Nc1nc(/C(=C/CC2CCCC2)C(=O)O)cs1. The second-order valence-corrected chi connectivity index (χ2v) is 7.83. The van der Waals surface area contributed by atoms with Gasteiger partial charge in [-0.05, 0) is 33.1 Å². The summed E-state index contributed by atoms with van der Waals surface area (Å²) in [4.78, 5) is 27.5. The summed E-state index contributed by atoms with van der Waals surface area (Å²) in [6.45, 7) is 5.32. The Morgan fingerprint density at radius 1 is 1.42 bits per heavy atom. The van der Waals surface area contributed by atoms with Crippen molar-refractivity contribution in [1.29, 1.82) is 0 Å². The van der Waals surface area contributed by atoms with Crippen molar-refractivity contribution >= 4 is 34.1 Å². The second kappa shape index (κ2) is 7.79. The van der Waals surface area contributed by atoms with E-state index in [-0.39, 0.29) is 5.57 Å². The smallest absolute Gasteiger partial charge is 0.413 e. The fourth-order valence-corrected chi connectivity index (χ4v) is 3.37. The van der Waals surface area contributed by atoms with E-state index >= 15 is 0 Å². The number of carbonyl (C=O) groups excluding carboxylic acids is 1. The average Bonchev–Trinajstić information content (AvgIpc) is 3.08. The Morgan fingerprint density at radius 2 is 2.08 bits per heavy atom. The Hall–Kier alpha value is -1.89. The number of thiazole rings is 1. The molecule has 1 heterocycles. The number of nitrogens with one attached hydrogen (secondary N) is 1. The maximum absolute atomic E-state index is 11.7. The zero-order valence-electron chi connectivity index (χ0n) is 14.3. The van der Waals surface area contributed by atoms with Crippen LogP contribution >= 0.6 is 11.3 Å². The minimum Gasteiger partial charge on any atom is -0.478 e. The van der Waals surface area contributed by atoms with Crippen molar-refractivity contribution in [2.45, 2.75) is 58.5 Å². The molecule has 1 aromatic heterocycles. The molecule has 2 rings (SSSR count). The monoisotopic (exact) mass is 352 g/mol. The summed E-state index contributed by atoms with van der Waals surface area (Å²) in [5.74, 6) is -0.431. The first-order valence-electron chi connectivity index (χ1n) is 8.14. The molecule has 1 aliphatic carbocycles. The van der Waals surface area contributed by atoms with E-state index in [2.05, 4.69) is 10.3 Å². The van der Waals surface area contributed by atoms with Crippen molar-refractivity contribution < 1.29 is 19.4 Å². The normalized spacial score (nSPS) is 16.2. The summed E-state index contributed by atoms with van der Waals surface area (Å²) in [7, 11) is 0. The molecule has 1 aromatic rings. The highest BCUT2D eigenvalue weighted by atomic mass is 32.1. The van der Waals surface area contributed by atoms with E-state index in [1.54, 1.807) is 32.2 Å². The molecule has 1 saturated carbocycles. The molecule has 0 aromatic carbocycles. The Labute approximate surface area is 145 Å². The Kier molecular flexibility index (Phi) is 5.99. The molecular weight excluding hydrogens is 328 g/mol. The van der Waals surface area contributed by atoms with Crippen molar-refractivity contribution in [3.63, 3.8) is 0 Å². The number of carboxylic acids is 1. The number of hydrogen-bond donors (Lipinski definition) is 2. The number of nitrogens with zero attached hydrogens (tertiary/aromatic N) is 1. The summed E-state index contributed by atoms with van der Waals surface area (Å²) in [6, 6.07) is 0. The number of anilines is 1. The van der Waals surface area contributed by atoms with Gasteiger partial charge in [-0.2, -0.15) is 0 Å². The van der Waals surface area contributed by atoms with Gasteiger partial charge in [0.05, 0.1) is 11.3 Å². The van der Waals surface area contributed by atoms with Gasteiger partial charge in [0.1, 0.15) is 5.60 Å². The van der Waals surface area contributed by atoms with E-state index in [0.29, 0.717) is 16.7 Å². The summed E-state index contributed by atoms with van der Waals surface area (Å²) >= 11 is 1.18. The van der Waals surface area contributed by atoms with Gasteiger partial charge in [-0.15, -0.1) is 11.3 Å². The van der Waals surface area contributed by atoms with Crippen molar-refractivity contribution in [1.82, 2.24) is 4.98 Å². The van der Waals surface area contributed by atoms with Crippen LogP contribution in [0.25, 0.3) is 5.57 Å². The van der Waals surface area contributed by atoms with Gasteiger partial charge in [0, 0.05) is 5.38 Å². The van der Waals surface area contributed by atoms with Crippen LogP contribution in [0, 0.1) is 5.92 Å². The topological polar surface area (TPSA) is 88.5 Å². The summed E-state index contributed by atoms with van der Waals surface area (Å²) < 4.78 is 5.16. The molecule has 1 aliphatic rings. The van der Waals surface area contributed by atoms with Crippen LogP contribution in [0.5, 0.6) is 0 Å². The molecule has 6 nitrogen and oxygen atoms in total. The van der Waals surface area contributed by atoms with Gasteiger partial charge in [-0.1, -0.05) is 31.8 Å². The Balaban J connectivity index is 2.04. The van der Waals surface area contributed by atoms with Crippen molar-refractivity contribution in [3.8, 4) is 0 Å². The predicted octanol–water partition coefficient (Wildman–Crippen LogP) is 4.54. The van der Waals surface area contributed by atoms with E-state index < -0.39 is 17.7 Å². The third-order valence-corrected chi connectivity index (χ3v) is 4.51. The molecule has 0 unspecified atom stereocenters. The fourth-order valence-electron chi connectivity index (χ4n) is 2.68. The van der Waals surface area contributed by atoms with Crippen LogP contribution < -0.4 is 5.32 Å². The molecule has 0 aliphatic heterocycles. The van der Waals surface area contributed by atoms with Crippen LogP contribution in [0.3, 0.4) is 0 Å². The lowest BCUT2D eigenvalue weighted by atomic mass is 10.0. The number of amides is 1. The minimum absolute atomic E-state index is 0.190. The van der Waals surface area contributed by atoms with Gasteiger partial charge < -0.3 is 9.84 Å². The largest absolute Gasteiger partial charge is 0.478 e. The van der Waals surface area contributed by atoms with E-state index in [0.717, 1.165) is 19.3 Å². The maximum atomic E-state index is 11.7. The number of ether oxygens (including phenoxy) is 1. The van der Waals surface area contributed by atoms with E-state index in [1.807, 2.05) is 0 Å². The number of aromatic nitrogens is 1. The lowest BCUT2D eigenvalue weighted by Crippen LogP contribution is -2.27. The Bertz CT molecular complexity index is 625. The van der Waals surface area contributed by atoms with Gasteiger partial charge in [-0.25, -0.2) is 14.6 Å². The molecule has 0 bridgehead atoms. The van der Waals surface area contributed by atoms with Crippen LogP contribution in [-0.2, 0) is 9.53 Å². The fraction of sp³-hybridized carbons (Fsp3) is 0.588. The zero-order valence-corrected chi connectivity index (χ0v) is 15.1. The number of carbonyl (C=O) groups is 2. The molecule has 1 amide bonds.